The smallest absolute Gasteiger partial charge is 0.307 e. The Morgan fingerprint density at radius 1 is 1.33 bits per heavy atom. The van der Waals surface area contributed by atoms with Gasteiger partial charge >= 0.3 is 5.97 Å². The van der Waals surface area contributed by atoms with Crippen molar-refractivity contribution in [3.63, 3.8) is 0 Å². The minimum absolute atomic E-state index is 0. The van der Waals surface area contributed by atoms with Crippen molar-refractivity contribution in [1.82, 2.24) is 10.2 Å². The van der Waals surface area contributed by atoms with E-state index < -0.39 is 5.97 Å². The first-order chi connectivity index (χ1) is 9.20. The van der Waals surface area contributed by atoms with Crippen molar-refractivity contribution < 1.29 is 9.90 Å². The number of piperidine rings is 2. The Hall–Kier alpha value is -0.290. The molecule has 2 aliphatic rings. The van der Waals surface area contributed by atoms with E-state index in [2.05, 4.69) is 16.8 Å². The third-order valence-corrected chi connectivity index (χ3v) is 4.47. The number of halogens is 2. The number of carboxylic acid groups (broad SMARTS) is 1. The van der Waals surface area contributed by atoms with E-state index in [0.29, 0.717) is 18.5 Å². The molecule has 0 radical (unpaired) electrons. The number of rotatable bonds is 5. The van der Waals surface area contributed by atoms with Gasteiger partial charge in [-0.05, 0) is 38.1 Å². The van der Waals surface area contributed by atoms with Gasteiger partial charge in [-0.3, -0.25) is 4.79 Å². The van der Waals surface area contributed by atoms with E-state index in [-0.39, 0.29) is 30.7 Å². The van der Waals surface area contributed by atoms with Crippen molar-refractivity contribution in [1.29, 1.82) is 0 Å². The van der Waals surface area contributed by atoms with E-state index in [1.807, 2.05) is 6.08 Å². The van der Waals surface area contributed by atoms with Crippen LogP contribution < -0.4 is 5.32 Å². The molecule has 2 rings (SSSR count). The van der Waals surface area contributed by atoms with Gasteiger partial charge in [-0.15, -0.1) is 31.4 Å². The van der Waals surface area contributed by atoms with Crippen LogP contribution in [0.4, 0.5) is 0 Å². The second kappa shape index (κ2) is 10.4. The lowest BCUT2D eigenvalue weighted by atomic mass is 9.81. The predicted molar refractivity (Wildman–Crippen MR) is 90.6 cm³/mol. The van der Waals surface area contributed by atoms with Crippen LogP contribution in [0.1, 0.15) is 32.1 Å². The summed E-state index contributed by atoms with van der Waals surface area (Å²) in [6.07, 6.45) is 7.42. The Morgan fingerprint density at radius 3 is 2.67 bits per heavy atom. The lowest BCUT2D eigenvalue weighted by Gasteiger charge is -2.41. The maximum absolute atomic E-state index is 11.3. The van der Waals surface area contributed by atoms with Crippen molar-refractivity contribution in [2.24, 2.45) is 11.8 Å². The van der Waals surface area contributed by atoms with Crippen molar-refractivity contribution in [2.75, 3.05) is 26.2 Å². The molecule has 6 heteroatoms. The summed E-state index contributed by atoms with van der Waals surface area (Å²) in [7, 11) is 0. The number of carboxylic acids is 1. The average Bonchev–Trinajstić information content (AvgIpc) is 2.45. The van der Waals surface area contributed by atoms with E-state index in [1.165, 1.54) is 19.3 Å². The fourth-order valence-corrected chi connectivity index (χ4v) is 3.44. The van der Waals surface area contributed by atoms with Gasteiger partial charge in [0.15, 0.2) is 0 Å². The summed E-state index contributed by atoms with van der Waals surface area (Å²) in [6.45, 7) is 7.52. The fourth-order valence-electron chi connectivity index (χ4n) is 3.44. The molecular formula is C15H28Cl2N2O2. The lowest BCUT2D eigenvalue weighted by molar-refractivity contribution is -0.144. The quantitative estimate of drug-likeness (QED) is 0.756. The minimum Gasteiger partial charge on any atom is -0.481 e. The topological polar surface area (TPSA) is 52.6 Å². The molecule has 2 aliphatic heterocycles. The largest absolute Gasteiger partial charge is 0.481 e. The highest BCUT2D eigenvalue weighted by molar-refractivity contribution is 5.85. The third kappa shape index (κ3) is 6.15. The lowest BCUT2D eigenvalue weighted by Crippen LogP contribution is -2.51. The van der Waals surface area contributed by atoms with Crippen LogP contribution in [0.3, 0.4) is 0 Å². The summed E-state index contributed by atoms with van der Waals surface area (Å²) in [5.74, 6) is -0.351. The molecule has 0 aromatic carbocycles. The Balaban J connectivity index is 0.00000200. The summed E-state index contributed by atoms with van der Waals surface area (Å²) < 4.78 is 0. The number of nitrogens with one attached hydrogen (secondary N) is 1. The fraction of sp³-hybridized carbons (Fsp3) is 0.800. The molecule has 3 atom stereocenters. The molecule has 0 saturated carbocycles. The molecule has 21 heavy (non-hydrogen) atoms. The van der Waals surface area contributed by atoms with E-state index in [0.717, 1.165) is 32.5 Å². The molecule has 2 N–H and O–H groups in total. The number of nitrogens with zero attached hydrogens (tertiary/aromatic N) is 1. The summed E-state index contributed by atoms with van der Waals surface area (Å²) in [5.41, 5.74) is 0. The first-order valence-electron chi connectivity index (χ1n) is 7.50. The zero-order valence-corrected chi connectivity index (χ0v) is 14.1. The van der Waals surface area contributed by atoms with Gasteiger partial charge in [0.2, 0.25) is 0 Å². The minimum atomic E-state index is -0.635. The molecule has 4 nitrogen and oxygen atoms in total. The van der Waals surface area contributed by atoms with Crippen LogP contribution in [-0.4, -0.2) is 48.2 Å². The van der Waals surface area contributed by atoms with Crippen LogP contribution in [0.5, 0.6) is 0 Å². The van der Waals surface area contributed by atoms with Crippen LogP contribution in [-0.2, 0) is 4.79 Å². The Labute approximate surface area is 140 Å². The molecule has 2 fully saturated rings. The molecule has 0 unspecified atom stereocenters. The highest BCUT2D eigenvalue weighted by Gasteiger charge is 2.35. The summed E-state index contributed by atoms with van der Waals surface area (Å²) in [6, 6.07) is 0.516. The second-order valence-electron chi connectivity index (χ2n) is 5.92. The van der Waals surface area contributed by atoms with Gasteiger partial charge in [0.05, 0.1) is 5.92 Å². The number of likely N-dealkylation sites (tertiary alicyclic amines) is 1. The first kappa shape index (κ1) is 20.7. The van der Waals surface area contributed by atoms with Crippen LogP contribution in [0, 0.1) is 11.8 Å². The zero-order chi connectivity index (χ0) is 13.7. The van der Waals surface area contributed by atoms with Gasteiger partial charge in [0, 0.05) is 25.7 Å². The van der Waals surface area contributed by atoms with Gasteiger partial charge in [-0.1, -0.05) is 12.5 Å². The summed E-state index contributed by atoms with van der Waals surface area (Å²) in [4.78, 5) is 13.6. The maximum Gasteiger partial charge on any atom is 0.307 e. The van der Waals surface area contributed by atoms with Crippen molar-refractivity contribution in [3.8, 4) is 0 Å². The normalized spacial score (nSPS) is 29.8. The molecule has 0 aromatic rings. The maximum atomic E-state index is 11.3. The van der Waals surface area contributed by atoms with Gasteiger partial charge in [0.1, 0.15) is 0 Å². The second-order valence-corrected chi connectivity index (χ2v) is 5.92. The number of aliphatic carboxylic acids is 1. The molecule has 2 saturated heterocycles. The zero-order valence-electron chi connectivity index (χ0n) is 12.5. The monoisotopic (exact) mass is 338 g/mol. The number of hydrogen-bond acceptors (Lipinski definition) is 3. The summed E-state index contributed by atoms with van der Waals surface area (Å²) >= 11 is 0. The van der Waals surface area contributed by atoms with E-state index in [4.69, 9.17) is 0 Å². The predicted octanol–water partition coefficient (Wildman–Crippen LogP) is 2.57. The molecule has 2 heterocycles. The molecular weight excluding hydrogens is 311 g/mol. The molecule has 0 bridgehead atoms. The van der Waals surface area contributed by atoms with Gasteiger partial charge in [-0.25, -0.2) is 0 Å². The van der Waals surface area contributed by atoms with E-state index in [1.54, 1.807) is 0 Å². The number of carbonyl (C=O) groups is 1. The van der Waals surface area contributed by atoms with Crippen molar-refractivity contribution in [2.45, 2.75) is 38.1 Å². The van der Waals surface area contributed by atoms with Crippen LogP contribution in [0.2, 0.25) is 0 Å². The average molecular weight is 339 g/mol. The van der Waals surface area contributed by atoms with E-state index in [9.17, 15) is 9.90 Å². The van der Waals surface area contributed by atoms with Crippen LogP contribution in [0.15, 0.2) is 12.7 Å². The number of hydrogen-bond donors (Lipinski definition) is 2. The Bertz CT molecular complexity index is 323. The standard InChI is InChI=1S/C15H26N2O2.2ClH/c1-2-3-8-17-10-12(9-13(11-17)15(18)19)14-6-4-5-7-16-14;;/h2,12-14,16H,1,3-11H2,(H,18,19);2*1H/t12-,13+,14+;;/m0../s1. The van der Waals surface area contributed by atoms with Gasteiger partial charge in [0.25, 0.3) is 0 Å². The molecule has 0 amide bonds. The van der Waals surface area contributed by atoms with Crippen LogP contribution in [0.25, 0.3) is 0 Å². The highest BCUT2D eigenvalue weighted by atomic mass is 35.5. The van der Waals surface area contributed by atoms with Gasteiger partial charge in [-0.2, -0.15) is 0 Å². The van der Waals surface area contributed by atoms with Crippen molar-refractivity contribution in [3.05, 3.63) is 12.7 Å². The first-order valence-corrected chi connectivity index (χ1v) is 7.50. The molecule has 124 valence electrons. The molecule has 0 aromatic heterocycles. The van der Waals surface area contributed by atoms with E-state index >= 15 is 0 Å². The highest BCUT2D eigenvalue weighted by Crippen LogP contribution is 2.28. The Kier molecular flexibility index (Phi) is 10.3. The summed E-state index contributed by atoms with van der Waals surface area (Å²) in [5, 5.41) is 12.9. The molecule has 0 aliphatic carbocycles. The van der Waals surface area contributed by atoms with Crippen LogP contribution >= 0.6 is 24.8 Å². The molecule has 0 spiro atoms. The third-order valence-electron chi connectivity index (χ3n) is 4.47. The van der Waals surface area contributed by atoms with Gasteiger partial charge < -0.3 is 15.3 Å². The SMILES string of the molecule is C=CCCN1C[C@H](C(=O)O)C[C@H]([C@H]2CCCCN2)C1.Cl.Cl. The van der Waals surface area contributed by atoms with Crippen molar-refractivity contribution >= 4 is 30.8 Å². The Morgan fingerprint density at radius 2 is 2.10 bits per heavy atom.